The minimum absolute atomic E-state index is 0.560. The van der Waals surface area contributed by atoms with Crippen LogP contribution in [0, 0.1) is 13.8 Å². The molecule has 0 aromatic heterocycles. The highest BCUT2D eigenvalue weighted by molar-refractivity contribution is 6.39. The number of unbranched alkanes of at least 4 members (excludes halogenated alkanes) is 6. The number of carbonyl (C=O) groups excluding carboxylic acids is 2. The third kappa shape index (κ3) is 8.38. The molecule has 0 atom stereocenters. The molecule has 1 rings (SSSR count). The van der Waals surface area contributed by atoms with E-state index in [0.717, 1.165) is 24.0 Å². The minimum Gasteiger partial charge on any atom is -0.348 e. The van der Waals surface area contributed by atoms with E-state index in [9.17, 15) is 9.59 Å². The van der Waals surface area contributed by atoms with Gasteiger partial charge in [-0.25, -0.2) is 0 Å². The standard InChI is InChI=1S/C19H30N2O2/c1-4-5-6-7-8-9-10-11-20-18(22)19(23)21-17-13-15(2)12-16(3)14-17/h12-14H,4-11H2,1-3H3,(H,20,22)(H,21,23). The molecule has 0 radical (unpaired) electrons. The largest absolute Gasteiger partial charge is 0.348 e. The van der Waals surface area contributed by atoms with Gasteiger partial charge in [-0.1, -0.05) is 51.5 Å². The lowest BCUT2D eigenvalue weighted by Crippen LogP contribution is -2.35. The van der Waals surface area contributed by atoms with Gasteiger partial charge in [0.15, 0.2) is 0 Å². The van der Waals surface area contributed by atoms with Gasteiger partial charge in [-0.15, -0.1) is 0 Å². The molecule has 1 aromatic rings. The fourth-order valence-corrected chi connectivity index (χ4v) is 2.60. The molecule has 0 aliphatic rings. The lowest BCUT2D eigenvalue weighted by molar-refractivity contribution is -0.136. The Bertz CT molecular complexity index is 492. The molecule has 0 aliphatic carbocycles. The maximum Gasteiger partial charge on any atom is 0.313 e. The molecule has 2 N–H and O–H groups in total. The zero-order chi connectivity index (χ0) is 17.1. The quantitative estimate of drug-likeness (QED) is 0.532. The molecular formula is C19H30N2O2. The van der Waals surface area contributed by atoms with Gasteiger partial charge in [-0.2, -0.15) is 0 Å². The van der Waals surface area contributed by atoms with Crippen LogP contribution in [0.1, 0.15) is 63.0 Å². The van der Waals surface area contributed by atoms with Gasteiger partial charge >= 0.3 is 11.8 Å². The van der Waals surface area contributed by atoms with Crippen molar-refractivity contribution in [2.24, 2.45) is 0 Å². The maximum absolute atomic E-state index is 11.9. The number of benzene rings is 1. The number of anilines is 1. The first-order valence-corrected chi connectivity index (χ1v) is 8.70. The van der Waals surface area contributed by atoms with Crippen LogP contribution < -0.4 is 10.6 Å². The van der Waals surface area contributed by atoms with Gasteiger partial charge < -0.3 is 10.6 Å². The number of nitrogens with one attached hydrogen (secondary N) is 2. The Kier molecular flexibility index (Phi) is 9.03. The van der Waals surface area contributed by atoms with E-state index in [1.807, 2.05) is 32.0 Å². The number of rotatable bonds is 9. The third-order valence-corrected chi connectivity index (χ3v) is 3.75. The van der Waals surface area contributed by atoms with Crippen molar-refractivity contribution in [1.82, 2.24) is 5.32 Å². The van der Waals surface area contributed by atoms with Gasteiger partial charge in [0.25, 0.3) is 0 Å². The van der Waals surface area contributed by atoms with Crippen molar-refractivity contribution in [3.63, 3.8) is 0 Å². The highest BCUT2D eigenvalue weighted by Gasteiger charge is 2.13. The molecule has 0 bridgehead atoms. The first kappa shape index (κ1) is 19.2. The average Bonchev–Trinajstić information content (AvgIpc) is 2.48. The van der Waals surface area contributed by atoms with Crippen LogP contribution in [0.4, 0.5) is 5.69 Å². The van der Waals surface area contributed by atoms with E-state index in [-0.39, 0.29) is 0 Å². The second-order valence-electron chi connectivity index (χ2n) is 6.21. The van der Waals surface area contributed by atoms with Gasteiger partial charge in [-0.3, -0.25) is 9.59 Å². The Morgan fingerprint density at radius 2 is 1.39 bits per heavy atom. The SMILES string of the molecule is CCCCCCCCCNC(=O)C(=O)Nc1cc(C)cc(C)c1. The molecule has 23 heavy (non-hydrogen) atoms. The lowest BCUT2D eigenvalue weighted by Gasteiger charge is -2.08. The van der Waals surface area contributed by atoms with Crippen LogP contribution in [-0.2, 0) is 9.59 Å². The monoisotopic (exact) mass is 318 g/mol. The zero-order valence-electron chi connectivity index (χ0n) is 14.7. The summed E-state index contributed by atoms with van der Waals surface area (Å²) in [6.07, 6.45) is 8.33. The van der Waals surface area contributed by atoms with E-state index in [1.54, 1.807) is 0 Å². The molecule has 128 valence electrons. The molecule has 0 fully saturated rings. The maximum atomic E-state index is 11.9. The van der Waals surface area contributed by atoms with Crippen molar-refractivity contribution in [1.29, 1.82) is 0 Å². The zero-order valence-corrected chi connectivity index (χ0v) is 14.7. The minimum atomic E-state index is -0.599. The number of hydrogen-bond acceptors (Lipinski definition) is 2. The second kappa shape index (κ2) is 10.8. The molecular weight excluding hydrogens is 288 g/mol. The molecule has 0 spiro atoms. The molecule has 4 nitrogen and oxygen atoms in total. The van der Waals surface area contributed by atoms with Crippen LogP contribution in [0.5, 0.6) is 0 Å². The predicted molar refractivity (Wildman–Crippen MR) is 95.5 cm³/mol. The summed E-state index contributed by atoms with van der Waals surface area (Å²) >= 11 is 0. The van der Waals surface area contributed by atoms with Crippen LogP contribution in [-0.4, -0.2) is 18.4 Å². The number of hydrogen-bond donors (Lipinski definition) is 2. The summed E-state index contributed by atoms with van der Waals surface area (Å²) in [6.45, 7) is 6.69. The van der Waals surface area contributed by atoms with Gasteiger partial charge in [0.1, 0.15) is 0 Å². The summed E-state index contributed by atoms with van der Waals surface area (Å²) in [7, 11) is 0. The van der Waals surface area contributed by atoms with Gasteiger partial charge in [-0.05, 0) is 43.5 Å². The van der Waals surface area contributed by atoms with Crippen molar-refractivity contribution < 1.29 is 9.59 Å². The van der Waals surface area contributed by atoms with Crippen LogP contribution >= 0.6 is 0 Å². The number of aryl methyl sites for hydroxylation is 2. The Balaban J connectivity index is 2.20. The topological polar surface area (TPSA) is 58.2 Å². The Morgan fingerprint density at radius 3 is 2.00 bits per heavy atom. The third-order valence-electron chi connectivity index (χ3n) is 3.75. The van der Waals surface area contributed by atoms with Crippen molar-refractivity contribution >= 4 is 17.5 Å². The summed E-state index contributed by atoms with van der Waals surface area (Å²) in [4.78, 5) is 23.6. The smallest absolute Gasteiger partial charge is 0.313 e. The highest BCUT2D eigenvalue weighted by Crippen LogP contribution is 2.13. The van der Waals surface area contributed by atoms with Crippen molar-refractivity contribution in [2.75, 3.05) is 11.9 Å². The van der Waals surface area contributed by atoms with Gasteiger partial charge in [0.05, 0.1) is 0 Å². The highest BCUT2D eigenvalue weighted by atomic mass is 16.2. The Hall–Kier alpha value is -1.84. The molecule has 2 amide bonds. The van der Waals surface area contributed by atoms with E-state index in [2.05, 4.69) is 17.6 Å². The average molecular weight is 318 g/mol. The summed E-state index contributed by atoms with van der Waals surface area (Å²) in [6, 6.07) is 5.74. The Labute approximate surface area is 140 Å². The summed E-state index contributed by atoms with van der Waals surface area (Å²) in [5.74, 6) is -1.16. The van der Waals surface area contributed by atoms with Crippen LogP contribution in [0.3, 0.4) is 0 Å². The molecule has 0 heterocycles. The van der Waals surface area contributed by atoms with Crippen LogP contribution in [0.15, 0.2) is 18.2 Å². The molecule has 0 aliphatic heterocycles. The summed E-state index contributed by atoms with van der Waals surface area (Å²) < 4.78 is 0. The summed E-state index contributed by atoms with van der Waals surface area (Å²) in [5, 5.41) is 5.33. The van der Waals surface area contributed by atoms with E-state index >= 15 is 0 Å². The van der Waals surface area contributed by atoms with Crippen molar-refractivity contribution in [3.05, 3.63) is 29.3 Å². The normalized spacial score (nSPS) is 10.4. The van der Waals surface area contributed by atoms with E-state index in [0.29, 0.717) is 12.2 Å². The predicted octanol–water partition coefficient (Wildman–Crippen LogP) is 4.11. The molecule has 0 saturated carbocycles. The van der Waals surface area contributed by atoms with Crippen molar-refractivity contribution in [3.8, 4) is 0 Å². The van der Waals surface area contributed by atoms with Crippen LogP contribution in [0.2, 0.25) is 0 Å². The number of carbonyl (C=O) groups is 2. The fourth-order valence-electron chi connectivity index (χ4n) is 2.60. The fraction of sp³-hybridized carbons (Fsp3) is 0.579. The van der Waals surface area contributed by atoms with Gasteiger partial charge in [0, 0.05) is 12.2 Å². The number of amides is 2. The Morgan fingerprint density at radius 1 is 0.826 bits per heavy atom. The van der Waals surface area contributed by atoms with E-state index in [1.165, 1.54) is 32.1 Å². The molecule has 0 unspecified atom stereocenters. The first-order chi connectivity index (χ1) is 11.0. The summed E-state index contributed by atoms with van der Waals surface area (Å²) in [5.41, 5.74) is 2.78. The molecule has 1 aromatic carbocycles. The van der Waals surface area contributed by atoms with Crippen LogP contribution in [0.25, 0.3) is 0 Å². The van der Waals surface area contributed by atoms with E-state index < -0.39 is 11.8 Å². The molecule has 0 saturated heterocycles. The van der Waals surface area contributed by atoms with Gasteiger partial charge in [0.2, 0.25) is 0 Å². The van der Waals surface area contributed by atoms with E-state index in [4.69, 9.17) is 0 Å². The lowest BCUT2D eigenvalue weighted by atomic mass is 10.1. The molecule has 4 heteroatoms. The second-order valence-corrected chi connectivity index (χ2v) is 6.21. The van der Waals surface area contributed by atoms with Crippen molar-refractivity contribution in [2.45, 2.75) is 65.7 Å². The first-order valence-electron chi connectivity index (χ1n) is 8.70.